The van der Waals surface area contributed by atoms with Crippen LogP contribution in [0.3, 0.4) is 0 Å². The van der Waals surface area contributed by atoms with E-state index in [9.17, 15) is 5.11 Å². The van der Waals surface area contributed by atoms with Crippen LogP contribution in [0.25, 0.3) is 0 Å². The molecule has 1 fully saturated rings. The quantitative estimate of drug-likeness (QED) is 0.805. The zero-order valence-electron chi connectivity index (χ0n) is 10.7. The molecule has 1 aromatic rings. The first-order valence-corrected chi connectivity index (χ1v) is 7.05. The van der Waals surface area contributed by atoms with E-state index in [0.717, 1.165) is 23.3 Å². The number of nitrogen functional groups attached to an aromatic ring is 1. The lowest BCUT2D eigenvalue weighted by Crippen LogP contribution is -2.47. The van der Waals surface area contributed by atoms with Gasteiger partial charge < -0.3 is 10.8 Å². The number of pyridine rings is 1. The van der Waals surface area contributed by atoms with Gasteiger partial charge in [-0.25, -0.2) is 4.98 Å². The third kappa shape index (κ3) is 2.04. The minimum atomic E-state index is -0.876. The molecule has 1 aliphatic rings. The summed E-state index contributed by atoms with van der Waals surface area (Å²) in [6.07, 6.45) is 2.73. The number of hydrogen-bond donors (Lipinski definition) is 2. The van der Waals surface area contributed by atoms with Crippen LogP contribution in [0, 0.1) is 12.3 Å². The van der Waals surface area contributed by atoms with E-state index in [4.69, 9.17) is 5.73 Å². The van der Waals surface area contributed by atoms with Crippen LogP contribution in [0.5, 0.6) is 0 Å². The van der Waals surface area contributed by atoms with Crippen LogP contribution in [0.1, 0.15) is 31.4 Å². The molecule has 1 unspecified atom stereocenters. The predicted octanol–water partition coefficient (Wildman–Crippen LogP) is 2.32. The minimum absolute atomic E-state index is 0.165. The minimum Gasteiger partial charge on any atom is -0.384 e. The third-order valence-electron chi connectivity index (χ3n) is 3.80. The molecular formula is C13H20N2OS. The third-order valence-corrected chi connectivity index (χ3v) is 4.92. The van der Waals surface area contributed by atoms with E-state index in [1.807, 2.05) is 13.0 Å². The molecule has 2 rings (SSSR count). The van der Waals surface area contributed by atoms with Gasteiger partial charge in [0.2, 0.25) is 0 Å². The molecule has 3 nitrogen and oxygen atoms in total. The highest BCUT2D eigenvalue weighted by atomic mass is 32.2. The molecule has 3 N–H and O–H groups in total. The maximum Gasteiger partial charge on any atom is 0.129 e. The van der Waals surface area contributed by atoms with E-state index in [1.54, 1.807) is 18.0 Å². The van der Waals surface area contributed by atoms with Crippen molar-refractivity contribution in [2.75, 3.05) is 17.2 Å². The monoisotopic (exact) mass is 252 g/mol. The Kier molecular flexibility index (Phi) is 3.12. The van der Waals surface area contributed by atoms with Crippen LogP contribution in [-0.4, -0.2) is 21.6 Å². The van der Waals surface area contributed by atoms with Crippen molar-refractivity contribution >= 4 is 17.6 Å². The summed E-state index contributed by atoms with van der Waals surface area (Å²) in [6.45, 7) is 6.19. The zero-order valence-corrected chi connectivity index (χ0v) is 11.5. The van der Waals surface area contributed by atoms with Crippen LogP contribution >= 0.6 is 11.8 Å². The van der Waals surface area contributed by atoms with Gasteiger partial charge >= 0.3 is 0 Å². The predicted molar refractivity (Wildman–Crippen MR) is 73.0 cm³/mol. The van der Waals surface area contributed by atoms with Crippen molar-refractivity contribution in [1.29, 1.82) is 0 Å². The van der Waals surface area contributed by atoms with Crippen molar-refractivity contribution in [2.45, 2.75) is 32.8 Å². The summed E-state index contributed by atoms with van der Waals surface area (Å²) in [6, 6.07) is 1.97. The molecule has 0 spiro atoms. The molecule has 0 amide bonds. The van der Waals surface area contributed by atoms with Crippen molar-refractivity contribution in [3.63, 3.8) is 0 Å². The molecule has 1 aliphatic heterocycles. The largest absolute Gasteiger partial charge is 0.384 e. The van der Waals surface area contributed by atoms with Crippen LogP contribution in [0.4, 0.5) is 5.82 Å². The number of nitrogens with two attached hydrogens (primary N) is 1. The standard InChI is InChI=1S/C13H20N2OS/c1-9-6-10(11(14)15-7-9)13(16)8-17-5-4-12(13,2)3/h6-7,16H,4-5,8H2,1-3H3,(H2,14,15). The number of aliphatic hydroxyl groups is 1. The number of rotatable bonds is 1. The SMILES string of the molecule is Cc1cnc(N)c(C2(O)CSCCC2(C)C)c1. The molecule has 94 valence electrons. The zero-order chi connectivity index (χ0) is 12.7. The van der Waals surface area contributed by atoms with Crippen LogP contribution in [-0.2, 0) is 5.60 Å². The Morgan fingerprint density at radius 1 is 1.47 bits per heavy atom. The fraction of sp³-hybridized carbons (Fsp3) is 0.615. The average molecular weight is 252 g/mol. The van der Waals surface area contributed by atoms with Gasteiger partial charge in [-0.1, -0.05) is 13.8 Å². The van der Waals surface area contributed by atoms with Gasteiger partial charge in [-0.2, -0.15) is 11.8 Å². The molecule has 4 heteroatoms. The summed E-state index contributed by atoms with van der Waals surface area (Å²) in [5.41, 5.74) is 6.73. The van der Waals surface area contributed by atoms with Gasteiger partial charge in [0.1, 0.15) is 11.4 Å². The van der Waals surface area contributed by atoms with Gasteiger partial charge in [0, 0.05) is 17.5 Å². The number of anilines is 1. The molecule has 0 aliphatic carbocycles. The van der Waals surface area contributed by atoms with Crippen LogP contribution < -0.4 is 5.73 Å². The van der Waals surface area contributed by atoms with E-state index in [2.05, 4.69) is 18.8 Å². The second kappa shape index (κ2) is 4.18. The van der Waals surface area contributed by atoms with Crippen molar-refractivity contribution in [1.82, 2.24) is 4.98 Å². The second-order valence-corrected chi connectivity index (χ2v) is 6.60. The Bertz CT molecular complexity index is 433. The van der Waals surface area contributed by atoms with Gasteiger partial charge in [-0.05, 0) is 36.1 Å². The second-order valence-electron chi connectivity index (χ2n) is 5.49. The van der Waals surface area contributed by atoms with Gasteiger partial charge in [0.05, 0.1) is 0 Å². The highest BCUT2D eigenvalue weighted by Crippen LogP contribution is 2.49. The van der Waals surface area contributed by atoms with Crippen LogP contribution in [0.2, 0.25) is 0 Å². The lowest BCUT2D eigenvalue weighted by Gasteiger charge is -2.46. The molecule has 17 heavy (non-hydrogen) atoms. The van der Waals surface area contributed by atoms with Gasteiger partial charge in [-0.3, -0.25) is 0 Å². The first-order chi connectivity index (χ1) is 7.87. The highest BCUT2D eigenvalue weighted by molar-refractivity contribution is 7.99. The maximum absolute atomic E-state index is 11.0. The Hall–Kier alpha value is -0.740. The van der Waals surface area contributed by atoms with Crippen LogP contribution in [0.15, 0.2) is 12.3 Å². The smallest absolute Gasteiger partial charge is 0.129 e. The Balaban J connectivity index is 2.52. The number of thioether (sulfide) groups is 1. The molecule has 0 bridgehead atoms. The molecule has 0 saturated carbocycles. The number of aryl methyl sites for hydroxylation is 1. The summed E-state index contributed by atoms with van der Waals surface area (Å²) in [5.74, 6) is 2.23. The fourth-order valence-corrected chi connectivity index (χ4v) is 3.94. The maximum atomic E-state index is 11.0. The van der Waals surface area contributed by atoms with Crippen molar-refractivity contribution in [3.05, 3.63) is 23.4 Å². The van der Waals surface area contributed by atoms with Crippen molar-refractivity contribution < 1.29 is 5.11 Å². The van der Waals surface area contributed by atoms with E-state index in [1.165, 1.54) is 0 Å². The van der Waals surface area contributed by atoms with E-state index in [-0.39, 0.29) is 5.41 Å². The van der Waals surface area contributed by atoms with E-state index in [0.29, 0.717) is 11.6 Å². The lowest BCUT2D eigenvalue weighted by molar-refractivity contribution is -0.0574. The summed E-state index contributed by atoms with van der Waals surface area (Å²) in [5, 5.41) is 11.0. The first kappa shape index (κ1) is 12.7. The van der Waals surface area contributed by atoms with E-state index < -0.39 is 5.60 Å². The average Bonchev–Trinajstić information content (AvgIpc) is 2.26. The van der Waals surface area contributed by atoms with Gasteiger partial charge in [0.25, 0.3) is 0 Å². The van der Waals surface area contributed by atoms with Gasteiger partial charge in [0.15, 0.2) is 0 Å². The number of hydrogen-bond acceptors (Lipinski definition) is 4. The number of nitrogens with zero attached hydrogens (tertiary/aromatic N) is 1. The molecule has 1 atom stereocenters. The fourth-order valence-electron chi connectivity index (χ4n) is 2.30. The Morgan fingerprint density at radius 2 is 2.18 bits per heavy atom. The topological polar surface area (TPSA) is 59.1 Å². The molecule has 0 aromatic carbocycles. The summed E-state index contributed by atoms with van der Waals surface area (Å²) in [4.78, 5) is 4.17. The van der Waals surface area contributed by atoms with Crippen molar-refractivity contribution in [2.24, 2.45) is 5.41 Å². The number of aromatic nitrogens is 1. The Morgan fingerprint density at radius 3 is 2.82 bits per heavy atom. The van der Waals surface area contributed by atoms with Gasteiger partial charge in [-0.15, -0.1) is 0 Å². The normalized spacial score (nSPS) is 28.0. The highest BCUT2D eigenvalue weighted by Gasteiger charge is 2.48. The molecule has 1 saturated heterocycles. The molecule has 2 heterocycles. The molecule has 0 radical (unpaired) electrons. The molecule has 1 aromatic heterocycles. The summed E-state index contributed by atoms with van der Waals surface area (Å²) >= 11 is 1.78. The summed E-state index contributed by atoms with van der Waals surface area (Å²) in [7, 11) is 0. The van der Waals surface area contributed by atoms with E-state index >= 15 is 0 Å². The lowest BCUT2D eigenvalue weighted by atomic mass is 9.70. The summed E-state index contributed by atoms with van der Waals surface area (Å²) < 4.78 is 0. The molecular weight excluding hydrogens is 232 g/mol. The van der Waals surface area contributed by atoms with Crippen molar-refractivity contribution in [3.8, 4) is 0 Å². The first-order valence-electron chi connectivity index (χ1n) is 5.89. The Labute approximate surface area is 107 Å².